The molecular formula is C16H33N. The molecule has 0 aliphatic heterocycles. The summed E-state index contributed by atoms with van der Waals surface area (Å²) in [4.78, 5) is 0. The fourth-order valence-electron chi connectivity index (χ4n) is 3.57. The van der Waals surface area contributed by atoms with Crippen LogP contribution in [0.5, 0.6) is 0 Å². The van der Waals surface area contributed by atoms with Crippen LogP contribution in [0.15, 0.2) is 0 Å². The SMILES string of the molecule is CCCCCC1(C)CC1C(C)[C@H](CC)NCC. The van der Waals surface area contributed by atoms with Gasteiger partial charge in [-0.15, -0.1) is 0 Å². The van der Waals surface area contributed by atoms with E-state index in [-0.39, 0.29) is 0 Å². The summed E-state index contributed by atoms with van der Waals surface area (Å²) in [5, 5.41) is 3.66. The summed E-state index contributed by atoms with van der Waals surface area (Å²) >= 11 is 0. The highest BCUT2D eigenvalue weighted by Gasteiger charge is 2.52. The van der Waals surface area contributed by atoms with Crippen molar-refractivity contribution in [3.8, 4) is 0 Å². The van der Waals surface area contributed by atoms with Crippen molar-refractivity contribution >= 4 is 0 Å². The molecule has 0 amide bonds. The van der Waals surface area contributed by atoms with Crippen LogP contribution in [-0.4, -0.2) is 12.6 Å². The number of rotatable bonds is 9. The zero-order valence-electron chi connectivity index (χ0n) is 12.7. The topological polar surface area (TPSA) is 12.0 Å². The molecule has 0 saturated heterocycles. The maximum atomic E-state index is 3.66. The van der Waals surface area contributed by atoms with Gasteiger partial charge in [0.15, 0.2) is 0 Å². The van der Waals surface area contributed by atoms with E-state index in [4.69, 9.17) is 0 Å². The van der Waals surface area contributed by atoms with Crippen LogP contribution < -0.4 is 5.32 Å². The predicted molar refractivity (Wildman–Crippen MR) is 77.3 cm³/mol. The van der Waals surface area contributed by atoms with E-state index in [1.54, 1.807) is 0 Å². The number of nitrogens with one attached hydrogen (secondary N) is 1. The standard InChI is InChI=1S/C16H33N/c1-6-9-10-11-16(5)12-14(16)13(4)15(7-2)17-8-3/h13-15,17H,6-12H2,1-5H3/t13?,14?,15-,16?/m0/s1. The Kier molecular flexibility index (Phi) is 5.99. The molecule has 4 atom stereocenters. The largest absolute Gasteiger partial charge is 0.314 e. The lowest BCUT2D eigenvalue weighted by atomic mass is 9.87. The van der Waals surface area contributed by atoms with E-state index in [0.29, 0.717) is 5.41 Å². The van der Waals surface area contributed by atoms with Gasteiger partial charge in [0.2, 0.25) is 0 Å². The van der Waals surface area contributed by atoms with Crippen molar-refractivity contribution in [1.29, 1.82) is 0 Å². The predicted octanol–water partition coefficient (Wildman–Crippen LogP) is 4.62. The first-order chi connectivity index (χ1) is 8.09. The van der Waals surface area contributed by atoms with Gasteiger partial charge >= 0.3 is 0 Å². The summed E-state index contributed by atoms with van der Waals surface area (Å²) in [6.45, 7) is 12.9. The number of hydrogen-bond donors (Lipinski definition) is 1. The Balaban J connectivity index is 2.36. The van der Waals surface area contributed by atoms with Gasteiger partial charge in [0.25, 0.3) is 0 Å². The Morgan fingerprint density at radius 3 is 2.47 bits per heavy atom. The molecule has 3 unspecified atom stereocenters. The Morgan fingerprint density at radius 2 is 1.94 bits per heavy atom. The van der Waals surface area contributed by atoms with Gasteiger partial charge in [-0.3, -0.25) is 0 Å². The molecule has 1 N–H and O–H groups in total. The Morgan fingerprint density at radius 1 is 1.24 bits per heavy atom. The Bertz CT molecular complexity index is 214. The lowest BCUT2D eigenvalue weighted by molar-refractivity contribution is 0.289. The number of hydrogen-bond acceptors (Lipinski definition) is 1. The van der Waals surface area contributed by atoms with Gasteiger partial charge in [0.05, 0.1) is 0 Å². The second-order valence-electron chi connectivity index (χ2n) is 6.35. The highest BCUT2D eigenvalue weighted by molar-refractivity contribution is 5.03. The molecule has 0 spiro atoms. The molecule has 0 aromatic heterocycles. The fraction of sp³-hybridized carbons (Fsp3) is 1.00. The van der Waals surface area contributed by atoms with E-state index in [9.17, 15) is 0 Å². The van der Waals surface area contributed by atoms with Crippen LogP contribution in [0.4, 0.5) is 0 Å². The summed E-state index contributed by atoms with van der Waals surface area (Å²) in [6.07, 6.45) is 8.41. The normalized spacial score (nSPS) is 31.2. The highest BCUT2D eigenvalue weighted by Crippen LogP contribution is 2.60. The smallest absolute Gasteiger partial charge is 0.00927 e. The molecule has 1 heteroatoms. The second kappa shape index (κ2) is 6.78. The van der Waals surface area contributed by atoms with Crippen molar-refractivity contribution in [3.63, 3.8) is 0 Å². The summed E-state index contributed by atoms with van der Waals surface area (Å²) in [5.74, 6) is 1.83. The molecule has 0 bridgehead atoms. The maximum Gasteiger partial charge on any atom is 0.00927 e. The molecule has 0 heterocycles. The molecule has 17 heavy (non-hydrogen) atoms. The first-order valence-electron chi connectivity index (χ1n) is 7.82. The van der Waals surface area contributed by atoms with E-state index in [1.807, 2.05) is 0 Å². The molecule has 1 saturated carbocycles. The zero-order valence-corrected chi connectivity index (χ0v) is 12.7. The third-order valence-electron chi connectivity index (χ3n) is 4.95. The van der Waals surface area contributed by atoms with Crippen molar-refractivity contribution < 1.29 is 0 Å². The third-order valence-corrected chi connectivity index (χ3v) is 4.95. The quantitative estimate of drug-likeness (QED) is 0.579. The average molecular weight is 239 g/mol. The van der Waals surface area contributed by atoms with Gasteiger partial charge in [-0.25, -0.2) is 0 Å². The van der Waals surface area contributed by atoms with Crippen LogP contribution in [-0.2, 0) is 0 Å². The highest BCUT2D eigenvalue weighted by atomic mass is 14.9. The summed E-state index contributed by atoms with van der Waals surface area (Å²) in [5.41, 5.74) is 0.678. The molecule has 1 rings (SSSR count). The van der Waals surface area contributed by atoms with Gasteiger partial charge in [-0.05, 0) is 43.1 Å². The van der Waals surface area contributed by atoms with Crippen LogP contribution in [0.3, 0.4) is 0 Å². The van der Waals surface area contributed by atoms with Crippen LogP contribution in [0.2, 0.25) is 0 Å². The van der Waals surface area contributed by atoms with Gasteiger partial charge in [-0.2, -0.15) is 0 Å². The van der Waals surface area contributed by atoms with Crippen LogP contribution in [0.25, 0.3) is 0 Å². The second-order valence-corrected chi connectivity index (χ2v) is 6.35. The summed E-state index contributed by atoms with van der Waals surface area (Å²) < 4.78 is 0. The molecule has 0 radical (unpaired) electrons. The first kappa shape index (κ1) is 15.0. The van der Waals surface area contributed by atoms with E-state index in [2.05, 4.69) is 39.9 Å². The van der Waals surface area contributed by atoms with Crippen LogP contribution in [0, 0.1) is 17.3 Å². The summed E-state index contributed by atoms with van der Waals surface area (Å²) in [7, 11) is 0. The lowest BCUT2D eigenvalue weighted by Crippen LogP contribution is -2.36. The van der Waals surface area contributed by atoms with Crippen LogP contribution in [0.1, 0.15) is 73.1 Å². The van der Waals surface area contributed by atoms with E-state index < -0.39 is 0 Å². The van der Waals surface area contributed by atoms with Gasteiger partial charge in [0.1, 0.15) is 0 Å². The van der Waals surface area contributed by atoms with Crippen molar-refractivity contribution in [2.45, 2.75) is 79.2 Å². The summed E-state index contributed by atoms with van der Waals surface area (Å²) in [6, 6.07) is 0.734. The molecule has 1 nitrogen and oxygen atoms in total. The minimum atomic E-state index is 0.678. The molecule has 1 aliphatic carbocycles. The van der Waals surface area contributed by atoms with Gasteiger partial charge < -0.3 is 5.32 Å². The molecule has 1 aliphatic rings. The average Bonchev–Trinajstić information content (AvgIpc) is 2.98. The number of unbranched alkanes of at least 4 members (excludes halogenated alkanes) is 2. The molecule has 1 fully saturated rings. The first-order valence-corrected chi connectivity index (χ1v) is 7.82. The molecule has 102 valence electrons. The minimum absolute atomic E-state index is 0.678. The van der Waals surface area contributed by atoms with E-state index in [1.165, 1.54) is 38.5 Å². The third kappa shape index (κ3) is 3.98. The van der Waals surface area contributed by atoms with Crippen LogP contribution >= 0.6 is 0 Å². The minimum Gasteiger partial charge on any atom is -0.314 e. The molecule has 0 aromatic carbocycles. The van der Waals surface area contributed by atoms with Crippen molar-refractivity contribution in [2.24, 2.45) is 17.3 Å². The molecular weight excluding hydrogens is 206 g/mol. The van der Waals surface area contributed by atoms with Gasteiger partial charge in [-0.1, -0.05) is 53.9 Å². The van der Waals surface area contributed by atoms with E-state index in [0.717, 1.165) is 24.4 Å². The molecule has 0 aromatic rings. The monoisotopic (exact) mass is 239 g/mol. The zero-order chi connectivity index (χ0) is 12.9. The van der Waals surface area contributed by atoms with Crippen molar-refractivity contribution in [2.75, 3.05) is 6.54 Å². The van der Waals surface area contributed by atoms with Crippen molar-refractivity contribution in [3.05, 3.63) is 0 Å². The Hall–Kier alpha value is -0.0400. The Labute approximate surface area is 109 Å². The van der Waals surface area contributed by atoms with Gasteiger partial charge in [0, 0.05) is 6.04 Å². The van der Waals surface area contributed by atoms with Crippen molar-refractivity contribution in [1.82, 2.24) is 5.32 Å². The van der Waals surface area contributed by atoms with E-state index >= 15 is 0 Å². The lowest BCUT2D eigenvalue weighted by Gasteiger charge is -2.25. The maximum absolute atomic E-state index is 3.66. The fourth-order valence-corrected chi connectivity index (χ4v) is 3.57.